The number of aromatic nitrogens is 2. The third kappa shape index (κ3) is 2.94. The van der Waals surface area contributed by atoms with Crippen molar-refractivity contribution in [2.75, 3.05) is 0 Å². The molecule has 0 bridgehead atoms. The molecule has 88 valence electrons. The Morgan fingerprint density at radius 1 is 1.24 bits per heavy atom. The second kappa shape index (κ2) is 4.72. The maximum atomic E-state index is 4.41. The highest BCUT2D eigenvalue weighted by Gasteiger charge is 2.20. The van der Waals surface area contributed by atoms with E-state index in [1.54, 1.807) is 0 Å². The van der Waals surface area contributed by atoms with E-state index in [0.29, 0.717) is 0 Å². The molecule has 1 saturated carbocycles. The van der Waals surface area contributed by atoms with E-state index < -0.39 is 0 Å². The highest BCUT2D eigenvalue weighted by Crippen LogP contribution is 2.19. The van der Waals surface area contributed by atoms with Crippen molar-refractivity contribution >= 4 is 0 Å². The largest absolute Gasteiger partial charge is 0.333 e. The summed E-state index contributed by atoms with van der Waals surface area (Å²) in [6.07, 6.45) is 6.69. The smallest absolute Gasteiger partial charge is 0.0953 e. The van der Waals surface area contributed by atoms with Crippen LogP contribution in [-0.2, 0) is 13.1 Å². The monoisotopic (exact) mass is 227 g/mol. The minimum atomic E-state index is 0.745. The quantitative estimate of drug-likeness (QED) is 0.848. The van der Waals surface area contributed by atoms with Crippen molar-refractivity contribution in [2.24, 2.45) is 0 Å². The Bertz CT molecular complexity index is 471. The molecule has 1 aromatic heterocycles. The molecule has 2 aromatic rings. The van der Waals surface area contributed by atoms with Gasteiger partial charge in [-0.15, -0.1) is 0 Å². The zero-order valence-electron chi connectivity index (χ0n) is 9.84. The van der Waals surface area contributed by atoms with Gasteiger partial charge in [0.1, 0.15) is 0 Å². The zero-order valence-corrected chi connectivity index (χ0v) is 9.84. The molecule has 1 aliphatic carbocycles. The van der Waals surface area contributed by atoms with Gasteiger partial charge >= 0.3 is 0 Å². The summed E-state index contributed by atoms with van der Waals surface area (Å²) in [5, 5.41) is 3.47. The van der Waals surface area contributed by atoms with Gasteiger partial charge in [0.15, 0.2) is 0 Å². The Hall–Kier alpha value is -1.61. The zero-order chi connectivity index (χ0) is 11.5. The van der Waals surface area contributed by atoms with Crippen LogP contribution in [0.5, 0.6) is 0 Å². The lowest BCUT2D eigenvalue weighted by atomic mass is 10.2. The van der Waals surface area contributed by atoms with Gasteiger partial charge in [-0.25, -0.2) is 4.98 Å². The maximum Gasteiger partial charge on any atom is 0.0953 e. The number of hydrogen-bond donors (Lipinski definition) is 1. The van der Waals surface area contributed by atoms with Crippen molar-refractivity contribution in [3.63, 3.8) is 0 Å². The molecular formula is C14H17N3. The Labute approximate surface area is 101 Å². The molecule has 1 fully saturated rings. The van der Waals surface area contributed by atoms with E-state index >= 15 is 0 Å². The third-order valence-corrected chi connectivity index (χ3v) is 3.04. The van der Waals surface area contributed by atoms with Gasteiger partial charge < -0.3 is 9.88 Å². The van der Waals surface area contributed by atoms with Crippen LogP contribution in [0.25, 0.3) is 0 Å². The van der Waals surface area contributed by atoms with Crippen LogP contribution in [0.3, 0.4) is 0 Å². The average Bonchev–Trinajstić information content (AvgIpc) is 3.09. The van der Waals surface area contributed by atoms with Crippen molar-refractivity contribution in [3.8, 4) is 0 Å². The molecular weight excluding hydrogens is 210 g/mol. The average molecular weight is 227 g/mol. The maximum absolute atomic E-state index is 4.41. The highest BCUT2D eigenvalue weighted by atomic mass is 15.1. The number of hydrogen-bond acceptors (Lipinski definition) is 2. The van der Waals surface area contributed by atoms with Gasteiger partial charge in [0.05, 0.1) is 12.0 Å². The molecule has 1 N–H and O–H groups in total. The Morgan fingerprint density at radius 2 is 2.06 bits per heavy atom. The SMILES string of the molecule is c1ccc(Cn2cnc(CNC3CC3)c2)cc1. The molecule has 0 radical (unpaired) electrons. The summed E-state index contributed by atoms with van der Waals surface area (Å²) in [5.41, 5.74) is 2.44. The van der Waals surface area contributed by atoms with E-state index in [9.17, 15) is 0 Å². The fourth-order valence-corrected chi connectivity index (χ4v) is 1.91. The fourth-order valence-electron chi connectivity index (χ4n) is 1.91. The van der Waals surface area contributed by atoms with Crippen molar-refractivity contribution in [1.82, 2.24) is 14.9 Å². The lowest BCUT2D eigenvalue weighted by Gasteiger charge is -2.01. The Kier molecular flexibility index (Phi) is 2.92. The van der Waals surface area contributed by atoms with E-state index in [-0.39, 0.29) is 0 Å². The van der Waals surface area contributed by atoms with Gasteiger partial charge in [-0.3, -0.25) is 0 Å². The number of imidazole rings is 1. The first-order valence-corrected chi connectivity index (χ1v) is 6.18. The van der Waals surface area contributed by atoms with E-state index in [4.69, 9.17) is 0 Å². The standard InChI is InChI=1S/C14H17N3/c1-2-4-12(5-3-1)9-17-10-14(16-11-17)8-15-13-6-7-13/h1-5,10-11,13,15H,6-9H2. The highest BCUT2D eigenvalue weighted by molar-refractivity contribution is 5.15. The van der Waals surface area contributed by atoms with Crippen LogP contribution in [-0.4, -0.2) is 15.6 Å². The van der Waals surface area contributed by atoms with Crippen LogP contribution in [0.15, 0.2) is 42.9 Å². The molecule has 1 aliphatic rings. The first kappa shape index (κ1) is 10.5. The second-order valence-corrected chi connectivity index (χ2v) is 4.68. The van der Waals surface area contributed by atoms with E-state index in [2.05, 4.69) is 45.3 Å². The molecule has 1 aromatic carbocycles. The van der Waals surface area contributed by atoms with Crippen LogP contribution in [0.1, 0.15) is 24.1 Å². The van der Waals surface area contributed by atoms with Gasteiger partial charge in [-0.05, 0) is 18.4 Å². The Morgan fingerprint density at radius 3 is 2.82 bits per heavy atom. The summed E-state index contributed by atoms with van der Waals surface area (Å²) < 4.78 is 2.14. The first-order valence-electron chi connectivity index (χ1n) is 6.18. The minimum Gasteiger partial charge on any atom is -0.333 e. The predicted octanol–water partition coefficient (Wildman–Crippen LogP) is 2.18. The van der Waals surface area contributed by atoms with E-state index in [1.165, 1.54) is 18.4 Å². The summed E-state index contributed by atoms with van der Waals surface area (Å²) >= 11 is 0. The summed E-state index contributed by atoms with van der Waals surface area (Å²) in [4.78, 5) is 4.41. The molecule has 3 heteroatoms. The molecule has 0 spiro atoms. The number of rotatable bonds is 5. The third-order valence-electron chi connectivity index (χ3n) is 3.04. The summed E-state index contributed by atoms with van der Waals surface area (Å²) in [6, 6.07) is 11.2. The molecule has 0 amide bonds. The lowest BCUT2D eigenvalue weighted by Crippen LogP contribution is -2.15. The number of nitrogens with zero attached hydrogens (tertiary/aromatic N) is 2. The molecule has 0 atom stereocenters. The van der Waals surface area contributed by atoms with Gasteiger partial charge in [0.2, 0.25) is 0 Å². The fraction of sp³-hybridized carbons (Fsp3) is 0.357. The van der Waals surface area contributed by atoms with Crippen LogP contribution in [0.4, 0.5) is 0 Å². The number of nitrogens with one attached hydrogen (secondary N) is 1. The Balaban J connectivity index is 1.59. The molecule has 17 heavy (non-hydrogen) atoms. The molecule has 0 aliphatic heterocycles. The van der Waals surface area contributed by atoms with Crippen molar-refractivity contribution < 1.29 is 0 Å². The van der Waals surface area contributed by atoms with Crippen LogP contribution >= 0.6 is 0 Å². The molecule has 3 nitrogen and oxygen atoms in total. The normalized spacial score (nSPS) is 15.1. The van der Waals surface area contributed by atoms with Gasteiger partial charge in [-0.1, -0.05) is 30.3 Å². The molecule has 0 unspecified atom stereocenters. The number of benzene rings is 1. The second-order valence-electron chi connectivity index (χ2n) is 4.68. The van der Waals surface area contributed by atoms with Crippen molar-refractivity contribution in [1.29, 1.82) is 0 Å². The summed E-state index contributed by atoms with van der Waals surface area (Å²) in [6.45, 7) is 1.80. The summed E-state index contributed by atoms with van der Waals surface area (Å²) in [5.74, 6) is 0. The van der Waals surface area contributed by atoms with Crippen LogP contribution < -0.4 is 5.32 Å². The lowest BCUT2D eigenvalue weighted by molar-refractivity contribution is 0.676. The van der Waals surface area contributed by atoms with Crippen molar-refractivity contribution in [2.45, 2.75) is 32.0 Å². The van der Waals surface area contributed by atoms with Gasteiger partial charge in [-0.2, -0.15) is 0 Å². The van der Waals surface area contributed by atoms with Gasteiger partial charge in [0, 0.05) is 25.3 Å². The van der Waals surface area contributed by atoms with E-state index in [1.807, 2.05) is 12.4 Å². The minimum absolute atomic E-state index is 0.745. The predicted molar refractivity (Wildman–Crippen MR) is 67.6 cm³/mol. The summed E-state index contributed by atoms with van der Waals surface area (Å²) in [7, 11) is 0. The topological polar surface area (TPSA) is 29.9 Å². The molecule has 3 rings (SSSR count). The van der Waals surface area contributed by atoms with E-state index in [0.717, 1.165) is 24.8 Å². The van der Waals surface area contributed by atoms with Crippen LogP contribution in [0, 0.1) is 0 Å². The molecule has 1 heterocycles. The molecule has 0 saturated heterocycles. The first-order chi connectivity index (χ1) is 8.40. The van der Waals surface area contributed by atoms with Crippen molar-refractivity contribution in [3.05, 3.63) is 54.1 Å². The van der Waals surface area contributed by atoms with Gasteiger partial charge in [0.25, 0.3) is 0 Å². The van der Waals surface area contributed by atoms with Crippen LogP contribution in [0.2, 0.25) is 0 Å².